The molecule has 19 heavy (non-hydrogen) atoms. The topological polar surface area (TPSA) is 101 Å². The Hall–Kier alpha value is -1.80. The molecule has 2 unspecified atom stereocenters. The van der Waals surface area contributed by atoms with Crippen molar-refractivity contribution in [2.45, 2.75) is 25.5 Å². The van der Waals surface area contributed by atoms with E-state index in [1.165, 1.54) is 13.0 Å². The average Bonchev–Trinajstić information content (AvgIpc) is 2.35. The Morgan fingerprint density at radius 2 is 2.16 bits per heavy atom. The van der Waals surface area contributed by atoms with Gasteiger partial charge in [0.15, 0.2) is 0 Å². The zero-order valence-electron chi connectivity index (χ0n) is 10.2. The molecule has 0 spiro atoms. The number of hydrogen-bond acceptors (Lipinski definition) is 5. The lowest BCUT2D eigenvalue weighted by Gasteiger charge is -2.17. The molecule has 1 aromatic rings. The minimum atomic E-state index is -2.84. The summed E-state index contributed by atoms with van der Waals surface area (Å²) in [6.45, 7) is 1.56. The number of hydrogen-bond donors (Lipinski definition) is 3. The van der Waals surface area contributed by atoms with Gasteiger partial charge < -0.3 is 16.2 Å². The predicted molar refractivity (Wildman–Crippen MR) is 66.2 cm³/mol. The molecule has 8 heteroatoms. The molecule has 2 atom stereocenters. The van der Waals surface area contributed by atoms with Gasteiger partial charge in [0.25, 0.3) is 12.1 Å². The van der Waals surface area contributed by atoms with Crippen molar-refractivity contribution < 1.29 is 18.8 Å². The van der Waals surface area contributed by atoms with Crippen LogP contribution in [0.25, 0.3) is 0 Å². The Kier molecular flexibility index (Phi) is 5.13. The quantitative estimate of drug-likeness (QED) is 0.541. The summed E-state index contributed by atoms with van der Waals surface area (Å²) in [5.74, 6) is 0. The Morgan fingerprint density at radius 1 is 1.53 bits per heavy atom. The van der Waals surface area contributed by atoms with Gasteiger partial charge in [0.2, 0.25) is 0 Å². The van der Waals surface area contributed by atoms with Crippen LogP contribution < -0.4 is 11.1 Å². The summed E-state index contributed by atoms with van der Waals surface area (Å²) >= 11 is 0. The number of nitrogens with one attached hydrogen (secondary N) is 1. The number of benzene rings is 1. The normalized spacial score (nSPS) is 14.2. The third kappa shape index (κ3) is 4.11. The van der Waals surface area contributed by atoms with Crippen molar-refractivity contribution in [2.75, 3.05) is 11.9 Å². The highest BCUT2D eigenvalue weighted by Gasteiger charge is 2.18. The van der Waals surface area contributed by atoms with Gasteiger partial charge in [-0.15, -0.1) is 0 Å². The summed E-state index contributed by atoms with van der Waals surface area (Å²) in [4.78, 5) is 9.79. The van der Waals surface area contributed by atoms with Crippen molar-refractivity contribution >= 4 is 11.4 Å². The molecule has 0 heterocycles. The van der Waals surface area contributed by atoms with Crippen LogP contribution >= 0.6 is 0 Å². The van der Waals surface area contributed by atoms with Crippen molar-refractivity contribution in [1.82, 2.24) is 0 Å². The lowest BCUT2D eigenvalue weighted by atomic mass is 10.1. The zero-order chi connectivity index (χ0) is 14.6. The zero-order valence-corrected chi connectivity index (χ0v) is 10.2. The summed E-state index contributed by atoms with van der Waals surface area (Å²) in [5, 5.41) is 22.4. The van der Waals surface area contributed by atoms with Gasteiger partial charge >= 0.3 is 0 Å². The minimum absolute atomic E-state index is 0.0664. The maximum absolute atomic E-state index is 12.8. The average molecular weight is 275 g/mol. The molecule has 0 saturated heterocycles. The maximum Gasteiger partial charge on any atom is 0.270 e. The molecule has 0 saturated carbocycles. The molecule has 0 aliphatic rings. The van der Waals surface area contributed by atoms with E-state index in [0.29, 0.717) is 0 Å². The summed E-state index contributed by atoms with van der Waals surface area (Å²) in [6.07, 6.45) is -3.63. The Labute approximate surface area is 108 Å². The number of aliphatic hydroxyl groups excluding tert-OH is 1. The molecule has 0 aromatic heterocycles. The Bertz CT molecular complexity index is 455. The van der Waals surface area contributed by atoms with Crippen LogP contribution in [0, 0.1) is 10.1 Å². The van der Waals surface area contributed by atoms with E-state index < -0.39 is 34.7 Å². The van der Waals surface area contributed by atoms with Gasteiger partial charge in [-0.1, -0.05) is 0 Å². The van der Waals surface area contributed by atoms with Gasteiger partial charge in [-0.3, -0.25) is 10.1 Å². The molecule has 0 radical (unpaired) electrons. The van der Waals surface area contributed by atoms with Crippen LogP contribution in [0.15, 0.2) is 18.2 Å². The second kappa shape index (κ2) is 6.39. The fraction of sp³-hybridized carbons (Fsp3) is 0.455. The SMILES string of the molecule is CC(O)C(N)CNc1ccc([N+](=O)[O-])cc1C(F)F. The van der Waals surface area contributed by atoms with Crippen LogP contribution in [0.5, 0.6) is 0 Å². The number of aliphatic hydroxyl groups is 1. The minimum Gasteiger partial charge on any atom is -0.392 e. The van der Waals surface area contributed by atoms with Crippen molar-refractivity contribution in [2.24, 2.45) is 5.73 Å². The van der Waals surface area contributed by atoms with E-state index in [9.17, 15) is 24.0 Å². The van der Waals surface area contributed by atoms with Crippen LogP contribution in [0.1, 0.15) is 18.9 Å². The van der Waals surface area contributed by atoms with E-state index in [4.69, 9.17) is 5.73 Å². The maximum atomic E-state index is 12.8. The molecule has 0 aliphatic heterocycles. The Morgan fingerprint density at radius 3 is 2.63 bits per heavy atom. The number of alkyl halides is 2. The van der Waals surface area contributed by atoms with Gasteiger partial charge in [-0.05, 0) is 13.0 Å². The summed E-state index contributed by atoms with van der Waals surface area (Å²) in [7, 11) is 0. The number of nitrogens with zero attached hydrogens (tertiary/aromatic N) is 1. The molecule has 6 nitrogen and oxygen atoms in total. The number of nitrogens with two attached hydrogens (primary N) is 1. The third-order valence-corrected chi connectivity index (χ3v) is 2.63. The van der Waals surface area contributed by atoms with Crippen molar-refractivity contribution in [3.8, 4) is 0 Å². The fourth-order valence-corrected chi connectivity index (χ4v) is 1.40. The van der Waals surface area contributed by atoms with Gasteiger partial charge in [0, 0.05) is 36.0 Å². The Balaban J connectivity index is 2.91. The highest BCUT2D eigenvalue weighted by molar-refractivity contribution is 5.56. The molecule has 106 valence electrons. The molecule has 0 fully saturated rings. The van der Waals surface area contributed by atoms with Crippen LogP contribution in [-0.2, 0) is 0 Å². The first-order chi connectivity index (χ1) is 8.82. The summed E-state index contributed by atoms with van der Waals surface area (Å²) in [6, 6.07) is 2.53. The predicted octanol–water partition coefficient (Wildman–Crippen LogP) is 1.65. The van der Waals surface area contributed by atoms with Gasteiger partial charge in [-0.25, -0.2) is 8.78 Å². The van der Waals surface area contributed by atoms with Gasteiger partial charge in [0.05, 0.1) is 11.0 Å². The molecule has 1 aromatic carbocycles. The van der Waals surface area contributed by atoms with Crippen molar-refractivity contribution in [1.29, 1.82) is 0 Å². The largest absolute Gasteiger partial charge is 0.392 e. The molecule has 0 amide bonds. The van der Waals surface area contributed by atoms with Crippen molar-refractivity contribution in [3.63, 3.8) is 0 Å². The second-order valence-corrected chi connectivity index (χ2v) is 4.11. The first-order valence-corrected chi connectivity index (χ1v) is 5.57. The third-order valence-electron chi connectivity index (χ3n) is 2.63. The lowest BCUT2D eigenvalue weighted by Crippen LogP contribution is -2.38. The van der Waals surface area contributed by atoms with E-state index >= 15 is 0 Å². The van der Waals surface area contributed by atoms with Crippen molar-refractivity contribution in [3.05, 3.63) is 33.9 Å². The van der Waals surface area contributed by atoms with E-state index in [0.717, 1.165) is 12.1 Å². The molecular weight excluding hydrogens is 260 g/mol. The van der Waals surface area contributed by atoms with E-state index in [2.05, 4.69) is 5.32 Å². The van der Waals surface area contributed by atoms with Crippen LogP contribution in [0.2, 0.25) is 0 Å². The standard InChI is InChI=1S/C11H15F2N3O3/c1-6(17)9(14)5-15-10-3-2-7(16(18)19)4-8(10)11(12)13/h2-4,6,9,11,15,17H,5,14H2,1H3. The van der Waals surface area contributed by atoms with E-state index in [1.54, 1.807) is 0 Å². The number of nitro benzene ring substituents is 1. The number of nitro groups is 1. The lowest BCUT2D eigenvalue weighted by molar-refractivity contribution is -0.385. The fourth-order valence-electron chi connectivity index (χ4n) is 1.40. The van der Waals surface area contributed by atoms with Crippen LogP contribution in [0.4, 0.5) is 20.2 Å². The smallest absolute Gasteiger partial charge is 0.270 e. The monoisotopic (exact) mass is 275 g/mol. The van der Waals surface area contributed by atoms with Crippen LogP contribution in [-0.4, -0.2) is 28.7 Å². The summed E-state index contributed by atoms with van der Waals surface area (Å²) in [5.41, 5.74) is 4.76. The number of anilines is 1. The second-order valence-electron chi connectivity index (χ2n) is 4.11. The molecule has 1 rings (SSSR count). The number of halogens is 2. The molecule has 0 bridgehead atoms. The number of non-ortho nitro benzene ring substituents is 1. The highest BCUT2D eigenvalue weighted by atomic mass is 19.3. The first-order valence-electron chi connectivity index (χ1n) is 5.57. The molecular formula is C11H15F2N3O3. The summed E-state index contributed by atoms with van der Waals surface area (Å²) < 4.78 is 25.6. The highest BCUT2D eigenvalue weighted by Crippen LogP contribution is 2.30. The van der Waals surface area contributed by atoms with E-state index in [1.807, 2.05) is 0 Å². The molecule has 4 N–H and O–H groups in total. The van der Waals surface area contributed by atoms with E-state index in [-0.39, 0.29) is 12.2 Å². The number of rotatable bonds is 6. The first kappa shape index (κ1) is 15.3. The van der Waals surface area contributed by atoms with Crippen LogP contribution in [0.3, 0.4) is 0 Å². The molecule has 0 aliphatic carbocycles. The van der Waals surface area contributed by atoms with Gasteiger partial charge in [0.1, 0.15) is 0 Å². The van der Waals surface area contributed by atoms with Gasteiger partial charge in [-0.2, -0.15) is 0 Å².